The molecule has 2 N–H and O–H groups in total. The molecule has 198 valence electrons. The number of urea groups is 1. The Bertz CT molecular complexity index is 1130. The van der Waals surface area contributed by atoms with Gasteiger partial charge in [0.1, 0.15) is 12.1 Å². The van der Waals surface area contributed by atoms with E-state index < -0.39 is 23.5 Å². The van der Waals surface area contributed by atoms with Gasteiger partial charge >= 0.3 is 12.0 Å². The van der Waals surface area contributed by atoms with Gasteiger partial charge in [0.15, 0.2) is 5.78 Å². The van der Waals surface area contributed by atoms with E-state index in [1.807, 2.05) is 25.1 Å². The first kappa shape index (κ1) is 27.9. The van der Waals surface area contributed by atoms with E-state index in [1.54, 1.807) is 51.1 Å². The van der Waals surface area contributed by atoms with E-state index in [4.69, 9.17) is 4.74 Å². The van der Waals surface area contributed by atoms with Crippen LogP contribution in [-0.4, -0.2) is 42.4 Å². The number of esters is 1. The molecule has 1 saturated carbocycles. The predicted octanol–water partition coefficient (Wildman–Crippen LogP) is 5.25. The maximum Gasteiger partial charge on any atom is 0.326 e. The summed E-state index contributed by atoms with van der Waals surface area (Å²) < 4.78 is 5.45. The molecule has 2 aromatic carbocycles. The topological polar surface area (TPSA) is 105 Å². The van der Waals surface area contributed by atoms with Crippen LogP contribution in [0.2, 0.25) is 0 Å². The van der Waals surface area contributed by atoms with Crippen molar-refractivity contribution in [2.75, 3.05) is 23.3 Å². The number of aryl methyl sites for hydroxylation is 1. The van der Waals surface area contributed by atoms with Crippen LogP contribution in [0.1, 0.15) is 68.8 Å². The third kappa shape index (κ3) is 8.44. The highest BCUT2D eigenvalue weighted by Crippen LogP contribution is 2.31. The van der Waals surface area contributed by atoms with Crippen LogP contribution < -0.4 is 15.5 Å². The zero-order chi connectivity index (χ0) is 27.0. The molecule has 0 saturated heterocycles. The number of para-hydroxylation sites is 1. The SMILES string of the molecule is Cc1cccc(NC(=O)NCC(=O)N(CC(=O)OC(C)(C)C)c2ccccc2C(=O)C2CCCCC2)c1. The summed E-state index contributed by atoms with van der Waals surface area (Å²) in [7, 11) is 0. The largest absolute Gasteiger partial charge is 0.459 e. The summed E-state index contributed by atoms with van der Waals surface area (Å²) in [5.41, 5.74) is 1.58. The molecule has 1 fully saturated rings. The van der Waals surface area contributed by atoms with Gasteiger partial charge in [0.05, 0.1) is 12.2 Å². The van der Waals surface area contributed by atoms with E-state index >= 15 is 0 Å². The summed E-state index contributed by atoms with van der Waals surface area (Å²) in [6.45, 7) is 6.39. The van der Waals surface area contributed by atoms with Gasteiger partial charge in [0, 0.05) is 17.2 Å². The summed E-state index contributed by atoms with van der Waals surface area (Å²) >= 11 is 0. The number of rotatable bonds is 8. The molecule has 0 heterocycles. The number of carbonyl (C=O) groups is 4. The van der Waals surface area contributed by atoms with Crippen molar-refractivity contribution in [1.29, 1.82) is 0 Å². The fourth-order valence-corrected chi connectivity index (χ4v) is 4.46. The minimum absolute atomic E-state index is 0.0255. The van der Waals surface area contributed by atoms with Crippen LogP contribution in [0.4, 0.5) is 16.2 Å². The number of benzene rings is 2. The van der Waals surface area contributed by atoms with Crippen LogP contribution in [0.3, 0.4) is 0 Å². The highest BCUT2D eigenvalue weighted by Gasteiger charge is 2.29. The van der Waals surface area contributed by atoms with Gasteiger partial charge in [-0.05, 0) is 70.4 Å². The first-order valence-corrected chi connectivity index (χ1v) is 12.8. The lowest BCUT2D eigenvalue weighted by Crippen LogP contribution is -2.45. The van der Waals surface area contributed by atoms with Gasteiger partial charge < -0.3 is 15.4 Å². The van der Waals surface area contributed by atoms with E-state index in [2.05, 4.69) is 10.6 Å². The quantitative estimate of drug-likeness (QED) is 0.375. The molecule has 0 spiro atoms. The van der Waals surface area contributed by atoms with Gasteiger partial charge in [-0.1, -0.05) is 43.5 Å². The molecule has 8 nitrogen and oxygen atoms in total. The van der Waals surface area contributed by atoms with Gasteiger partial charge in [-0.25, -0.2) is 4.79 Å². The average molecular weight is 508 g/mol. The molecular weight excluding hydrogens is 470 g/mol. The molecule has 0 aromatic heterocycles. The fourth-order valence-electron chi connectivity index (χ4n) is 4.46. The number of ether oxygens (including phenoxy) is 1. The second kappa shape index (κ2) is 12.5. The van der Waals surface area contributed by atoms with Crippen molar-refractivity contribution < 1.29 is 23.9 Å². The monoisotopic (exact) mass is 507 g/mol. The van der Waals surface area contributed by atoms with Crippen molar-refractivity contribution >= 4 is 35.1 Å². The summed E-state index contributed by atoms with van der Waals surface area (Å²) in [5.74, 6) is -1.27. The van der Waals surface area contributed by atoms with Crippen LogP contribution in [0.15, 0.2) is 48.5 Å². The minimum atomic E-state index is -0.741. The molecule has 8 heteroatoms. The van der Waals surface area contributed by atoms with Crippen LogP contribution in [0.25, 0.3) is 0 Å². The molecule has 3 rings (SSSR count). The number of amides is 3. The molecule has 0 radical (unpaired) electrons. The number of Topliss-reactive ketones (excluding diaryl/α,β-unsaturated/α-hetero) is 1. The summed E-state index contributed by atoms with van der Waals surface area (Å²) in [5, 5.41) is 5.25. The summed E-state index contributed by atoms with van der Waals surface area (Å²) in [4.78, 5) is 53.2. The lowest BCUT2D eigenvalue weighted by molar-refractivity contribution is -0.153. The second-order valence-electron chi connectivity index (χ2n) is 10.5. The first-order chi connectivity index (χ1) is 17.5. The molecular formula is C29H37N3O5. The Morgan fingerprint density at radius 3 is 2.35 bits per heavy atom. The second-order valence-corrected chi connectivity index (χ2v) is 10.5. The zero-order valence-corrected chi connectivity index (χ0v) is 22.1. The Morgan fingerprint density at radius 1 is 0.973 bits per heavy atom. The molecule has 37 heavy (non-hydrogen) atoms. The fraction of sp³-hybridized carbons (Fsp3) is 0.448. The number of hydrogen-bond acceptors (Lipinski definition) is 5. The lowest BCUT2D eigenvalue weighted by Gasteiger charge is -2.28. The van der Waals surface area contributed by atoms with Crippen molar-refractivity contribution in [2.45, 2.75) is 65.4 Å². The molecule has 0 aliphatic heterocycles. The maximum atomic E-state index is 13.4. The smallest absolute Gasteiger partial charge is 0.326 e. The maximum absolute atomic E-state index is 13.4. The van der Waals surface area contributed by atoms with Gasteiger partial charge in [-0.3, -0.25) is 19.3 Å². The van der Waals surface area contributed by atoms with Crippen molar-refractivity contribution in [3.05, 3.63) is 59.7 Å². The van der Waals surface area contributed by atoms with Crippen molar-refractivity contribution in [3.8, 4) is 0 Å². The Kier molecular flexibility index (Phi) is 9.44. The zero-order valence-electron chi connectivity index (χ0n) is 22.1. The highest BCUT2D eigenvalue weighted by atomic mass is 16.6. The van der Waals surface area contributed by atoms with E-state index in [0.717, 1.165) is 37.7 Å². The number of nitrogens with zero attached hydrogens (tertiary/aromatic N) is 1. The Hall–Kier alpha value is -3.68. The Labute approximate surface area is 218 Å². The van der Waals surface area contributed by atoms with Gasteiger partial charge in [0.25, 0.3) is 0 Å². The molecule has 2 aromatic rings. The third-order valence-electron chi connectivity index (χ3n) is 6.12. The number of anilines is 2. The number of nitrogens with one attached hydrogen (secondary N) is 2. The van der Waals surface area contributed by atoms with E-state index in [0.29, 0.717) is 16.9 Å². The predicted molar refractivity (Wildman–Crippen MR) is 144 cm³/mol. The van der Waals surface area contributed by atoms with Crippen molar-refractivity contribution in [2.24, 2.45) is 5.92 Å². The molecule has 3 amide bonds. The third-order valence-corrected chi connectivity index (χ3v) is 6.12. The van der Waals surface area contributed by atoms with Gasteiger partial charge in [-0.15, -0.1) is 0 Å². The number of ketones is 1. The first-order valence-electron chi connectivity index (χ1n) is 12.8. The highest BCUT2D eigenvalue weighted by molar-refractivity contribution is 6.09. The molecule has 0 bridgehead atoms. The van der Waals surface area contributed by atoms with E-state index in [-0.39, 0.29) is 24.8 Å². The summed E-state index contributed by atoms with van der Waals surface area (Å²) in [6, 6.07) is 13.6. The molecule has 0 atom stereocenters. The standard InChI is InChI=1S/C29H37N3O5/c1-20-11-10-14-22(17-20)31-28(36)30-18-25(33)32(19-26(34)37-29(2,3)4)24-16-9-8-15-23(24)27(35)21-12-6-5-7-13-21/h8-11,14-17,21H,5-7,12-13,18-19H2,1-4H3,(H2,30,31,36). The number of hydrogen-bond donors (Lipinski definition) is 2. The minimum Gasteiger partial charge on any atom is -0.459 e. The van der Waals surface area contributed by atoms with Crippen molar-refractivity contribution in [3.63, 3.8) is 0 Å². The van der Waals surface area contributed by atoms with Crippen molar-refractivity contribution in [1.82, 2.24) is 5.32 Å². The van der Waals surface area contributed by atoms with E-state index in [1.165, 1.54) is 4.90 Å². The lowest BCUT2D eigenvalue weighted by atomic mass is 9.83. The van der Waals surface area contributed by atoms with Crippen LogP contribution in [-0.2, 0) is 14.3 Å². The molecule has 1 aliphatic carbocycles. The van der Waals surface area contributed by atoms with Gasteiger partial charge in [-0.2, -0.15) is 0 Å². The Balaban J connectivity index is 1.80. The van der Waals surface area contributed by atoms with Gasteiger partial charge in [0.2, 0.25) is 5.91 Å². The van der Waals surface area contributed by atoms with E-state index in [9.17, 15) is 19.2 Å². The summed E-state index contributed by atoms with van der Waals surface area (Å²) in [6.07, 6.45) is 4.74. The van der Waals surface area contributed by atoms with Crippen LogP contribution in [0, 0.1) is 12.8 Å². The Morgan fingerprint density at radius 2 is 1.68 bits per heavy atom. The molecule has 1 aliphatic rings. The van der Waals surface area contributed by atoms with Crippen LogP contribution >= 0.6 is 0 Å². The normalized spacial score (nSPS) is 13.9. The molecule has 0 unspecified atom stereocenters. The van der Waals surface area contributed by atoms with Crippen LogP contribution in [0.5, 0.6) is 0 Å². The average Bonchev–Trinajstić information content (AvgIpc) is 2.85. The number of carbonyl (C=O) groups excluding carboxylic acids is 4.